The molecule has 0 atom stereocenters. The molecule has 0 amide bonds. The molecule has 32 valence electrons. The van der Waals surface area contributed by atoms with E-state index in [0.29, 0.717) is 0 Å². The summed E-state index contributed by atoms with van der Waals surface area (Å²) >= 11 is 0. The Morgan fingerprint density at radius 1 is 0.625 bits per heavy atom. The maximum atomic E-state index is 8.38. The Morgan fingerprint density at radius 3 is 0.625 bits per heavy atom. The molecule has 0 spiro atoms. The van der Waals surface area contributed by atoms with E-state index in [9.17, 15) is 0 Å². The summed E-state index contributed by atoms with van der Waals surface area (Å²) in [6.07, 6.45) is 0. The van der Waals surface area contributed by atoms with Crippen molar-refractivity contribution in [2.75, 3.05) is 0 Å². The van der Waals surface area contributed by atoms with Gasteiger partial charge in [0.2, 0.25) is 0 Å². The van der Waals surface area contributed by atoms with Crippen LogP contribution in [0.4, 0.5) is 0 Å². The van der Waals surface area contributed by atoms with Crippen molar-refractivity contribution < 1.29 is 159 Å². The fourth-order valence-electron chi connectivity index (χ4n) is 0. The van der Waals surface area contributed by atoms with Gasteiger partial charge in [-0.3, -0.25) is 0 Å². The standard InChI is InChI=1S/3K.NO4/c;;;2-1(3,4)5/q3*+1;-3. The van der Waals surface area contributed by atoms with Crippen LogP contribution in [-0.2, 0) is 0 Å². The topological polar surface area (TPSA) is 92.2 Å². The Balaban J connectivity index is -0.0000000267. The average molecular weight is 195 g/mol. The zero-order valence-corrected chi connectivity index (χ0v) is 14.4. The van der Waals surface area contributed by atoms with Crippen LogP contribution in [-0.4, -0.2) is 5.14 Å². The first-order valence-electron chi connectivity index (χ1n) is 0.730. The van der Waals surface area contributed by atoms with E-state index in [2.05, 4.69) is 0 Å². The maximum absolute atomic E-state index is 8.38. The van der Waals surface area contributed by atoms with Gasteiger partial charge in [-0.25, -0.2) is 0 Å². The van der Waals surface area contributed by atoms with Crippen molar-refractivity contribution in [3.8, 4) is 0 Å². The van der Waals surface area contributed by atoms with Crippen LogP contribution in [0.1, 0.15) is 0 Å². The summed E-state index contributed by atoms with van der Waals surface area (Å²) in [5.74, 6) is 0. The van der Waals surface area contributed by atoms with Crippen molar-refractivity contribution in [2.24, 2.45) is 0 Å². The molecule has 8 heteroatoms. The van der Waals surface area contributed by atoms with Crippen molar-refractivity contribution in [3.63, 3.8) is 0 Å². The van der Waals surface area contributed by atoms with E-state index in [1.165, 1.54) is 0 Å². The second-order valence-electron chi connectivity index (χ2n) is 0.447. The summed E-state index contributed by atoms with van der Waals surface area (Å²) in [4.78, 5) is 0. The van der Waals surface area contributed by atoms with Gasteiger partial charge < -0.3 is 26.0 Å². The minimum atomic E-state index is -4.00. The smallest absolute Gasteiger partial charge is 0.629 e. The molecular formula is K3NO4. The first-order valence-corrected chi connectivity index (χ1v) is 0.730. The van der Waals surface area contributed by atoms with Crippen molar-refractivity contribution in [3.05, 3.63) is 20.8 Å². The molecule has 0 heterocycles. The Labute approximate surface area is 174 Å². The van der Waals surface area contributed by atoms with E-state index in [1.807, 2.05) is 0 Å². The van der Waals surface area contributed by atoms with Gasteiger partial charge in [0.15, 0.2) is 0 Å². The van der Waals surface area contributed by atoms with E-state index in [1.54, 1.807) is 0 Å². The van der Waals surface area contributed by atoms with Gasteiger partial charge in [-0.05, 0) is 0 Å². The SMILES string of the molecule is [K+].[K+].[K+].[O-][N+]([O-])([O-])[O-]. The predicted octanol–water partition coefficient (Wildman–Crippen LogP) is -9.19. The van der Waals surface area contributed by atoms with Crippen molar-refractivity contribution >= 4 is 0 Å². The summed E-state index contributed by atoms with van der Waals surface area (Å²) in [5, 5.41) is 29.5. The second kappa shape index (κ2) is 11.7. The average Bonchev–Trinajstić information content (AvgIpc) is 0.722. The van der Waals surface area contributed by atoms with Crippen LogP contribution >= 0.6 is 0 Å². The zero-order chi connectivity index (χ0) is 4.50. The first kappa shape index (κ1) is 23.0. The molecule has 0 saturated heterocycles. The zero-order valence-electron chi connectivity index (χ0n) is 5.08. The van der Waals surface area contributed by atoms with Crippen LogP contribution in [0.3, 0.4) is 0 Å². The van der Waals surface area contributed by atoms with Crippen molar-refractivity contribution in [1.82, 2.24) is 0 Å². The van der Waals surface area contributed by atoms with Gasteiger partial charge in [-0.2, -0.15) is 0 Å². The van der Waals surface area contributed by atoms with E-state index in [-0.39, 0.29) is 154 Å². The monoisotopic (exact) mass is 195 g/mol. The summed E-state index contributed by atoms with van der Waals surface area (Å²) in [6, 6.07) is 0. The number of hydrogen-bond acceptors (Lipinski definition) is 4. The molecule has 0 bridgehead atoms. The van der Waals surface area contributed by atoms with Crippen LogP contribution < -0.4 is 154 Å². The molecule has 0 radical (unpaired) electrons. The fourth-order valence-corrected chi connectivity index (χ4v) is 0. The van der Waals surface area contributed by atoms with Crippen LogP contribution in [0.25, 0.3) is 0 Å². The van der Waals surface area contributed by atoms with Crippen LogP contribution in [0.5, 0.6) is 0 Å². The van der Waals surface area contributed by atoms with Gasteiger partial charge in [0.25, 0.3) is 0 Å². The quantitative estimate of drug-likeness (QED) is 0.218. The molecule has 0 fully saturated rings. The summed E-state index contributed by atoms with van der Waals surface area (Å²) < 4.78 is 0. The first-order chi connectivity index (χ1) is 2.00. The van der Waals surface area contributed by atoms with Crippen molar-refractivity contribution in [1.29, 1.82) is 0 Å². The van der Waals surface area contributed by atoms with E-state index in [0.717, 1.165) is 0 Å². The van der Waals surface area contributed by atoms with Gasteiger partial charge in [0, 0.05) is 0 Å². The number of hydrogen-bond donors (Lipinski definition) is 0. The van der Waals surface area contributed by atoms with Gasteiger partial charge in [0.05, 0.1) is 0 Å². The minimum Gasteiger partial charge on any atom is -0.629 e. The molecule has 0 saturated carbocycles. The molecule has 0 rings (SSSR count). The molecule has 0 aromatic carbocycles. The molecule has 0 aliphatic carbocycles. The second-order valence-corrected chi connectivity index (χ2v) is 0.447. The third-order valence-electron chi connectivity index (χ3n) is 0. The molecular weight excluding hydrogens is 195 g/mol. The number of nitrogens with zero attached hydrogens (tertiary/aromatic N) is 1. The van der Waals surface area contributed by atoms with Crippen molar-refractivity contribution in [2.45, 2.75) is 0 Å². The van der Waals surface area contributed by atoms with E-state index in [4.69, 9.17) is 20.8 Å². The molecule has 0 aliphatic rings. The minimum absolute atomic E-state index is 0. The van der Waals surface area contributed by atoms with Gasteiger partial charge in [0.1, 0.15) is 0 Å². The van der Waals surface area contributed by atoms with E-state index >= 15 is 0 Å². The predicted molar refractivity (Wildman–Crippen MR) is 13.7 cm³/mol. The molecule has 0 N–H and O–H groups in total. The molecule has 0 aromatic rings. The summed E-state index contributed by atoms with van der Waals surface area (Å²) in [7, 11) is 0. The number of quaternary nitrogens is 1. The molecule has 0 aromatic heterocycles. The fraction of sp³-hybridized carbons (Fsp3) is 0. The Bertz CT molecular complexity index is 26.8. The third kappa shape index (κ3) is 45.5. The third-order valence-corrected chi connectivity index (χ3v) is 0. The molecule has 5 nitrogen and oxygen atoms in total. The van der Waals surface area contributed by atoms with Crippen LogP contribution in [0.15, 0.2) is 0 Å². The van der Waals surface area contributed by atoms with Gasteiger partial charge >= 0.3 is 154 Å². The maximum Gasteiger partial charge on any atom is 1.00 e. The van der Waals surface area contributed by atoms with Gasteiger partial charge in [-0.15, -0.1) is 0 Å². The number of rotatable bonds is 0. The summed E-state index contributed by atoms with van der Waals surface area (Å²) in [5.41, 5.74) is 0. The Hall–Kier alpha value is 4.71. The van der Waals surface area contributed by atoms with Gasteiger partial charge in [-0.1, -0.05) is 0 Å². The summed E-state index contributed by atoms with van der Waals surface area (Å²) in [6.45, 7) is 0. The molecule has 8 heavy (non-hydrogen) atoms. The molecule has 0 aliphatic heterocycles. The Kier molecular flexibility index (Phi) is 33.6. The molecule has 0 unspecified atom stereocenters. The van der Waals surface area contributed by atoms with Crippen LogP contribution in [0, 0.1) is 20.8 Å². The Morgan fingerprint density at radius 2 is 0.625 bits per heavy atom. The normalized spacial score (nSPS) is 7.50. The van der Waals surface area contributed by atoms with Crippen LogP contribution in [0.2, 0.25) is 0 Å². The largest absolute Gasteiger partial charge is 1.00 e. The van der Waals surface area contributed by atoms with E-state index < -0.39 is 5.14 Å².